The summed E-state index contributed by atoms with van der Waals surface area (Å²) in [5, 5.41) is 25.0. The summed E-state index contributed by atoms with van der Waals surface area (Å²) in [6, 6.07) is 8.28. The second-order valence-corrected chi connectivity index (χ2v) is 3.77. The molecule has 0 radical (unpaired) electrons. The molecule has 0 saturated heterocycles. The Kier molecular flexibility index (Phi) is 4.04. The van der Waals surface area contributed by atoms with Gasteiger partial charge in [-0.3, -0.25) is 0 Å². The van der Waals surface area contributed by atoms with E-state index in [4.69, 9.17) is 14.9 Å². The summed E-state index contributed by atoms with van der Waals surface area (Å²) < 4.78 is 5.39. The molecule has 1 aromatic carbocycles. The standard InChI is InChI=1S/C13H12N2O4/c16-8-6-9-1-3-10(4-2-9)19-12-11(13(17)18)5-7-14-15-12/h1-5,7,16H,6,8H2,(H,17,18). The van der Waals surface area contributed by atoms with Gasteiger partial charge in [0.15, 0.2) is 0 Å². The van der Waals surface area contributed by atoms with Crippen LogP contribution < -0.4 is 4.74 Å². The number of ether oxygens (including phenoxy) is 1. The van der Waals surface area contributed by atoms with Crippen LogP contribution in [0.4, 0.5) is 0 Å². The first-order chi connectivity index (χ1) is 9.20. The third-order valence-corrected chi connectivity index (χ3v) is 2.46. The molecule has 0 fully saturated rings. The molecular formula is C13H12N2O4. The summed E-state index contributed by atoms with van der Waals surface area (Å²) >= 11 is 0. The van der Waals surface area contributed by atoms with Crippen molar-refractivity contribution in [3.8, 4) is 11.6 Å². The fourth-order valence-electron chi connectivity index (χ4n) is 1.52. The second kappa shape index (κ2) is 5.92. The van der Waals surface area contributed by atoms with E-state index in [-0.39, 0.29) is 18.1 Å². The van der Waals surface area contributed by atoms with Gasteiger partial charge in [-0.25, -0.2) is 4.79 Å². The first-order valence-electron chi connectivity index (χ1n) is 5.63. The van der Waals surface area contributed by atoms with E-state index < -0.39 is 5.97 Å². The number of aliphatic hydroxyl groups excluding tert-OH is 1. The molecule has 2 rings (SSSR count). The molecule has 1 aromatic heterocycles. The van der Waals surface area contributed by atoms with Crippen molar-refractivity contribution >= 4 is 5.97 Å². The summed E-state index contributed by atoms with van der Waals surface area (Å²) in [5.41, 5.74) is 0.918. The average molecular weight is 260 g/mol. The van der Waals surface area contributed by atoms with Crippen LogP contribution in [0.5, 0.6) is 11.6 Å². The summed E-state index contributed by atoms with van der Waals surface area (Å²) in [6.45, 7) is 0.0769. The summed E-state index contributed by atoms with van der Waals surface area (Å²) in [5.74, 6) is -0.712. The van der Waals surface area contributed by atoms with E-state index in [0.717, 1.165) is 5.56 Å². The van der Waals surface area contributed by atoms with Gasteiger partial charge in [0.25, 0.3) is 5.88 Å². The first-order valence-corrected chi connectivity index (χ1v) is 5.63. The van der Waals surface area contributed by atoms with Crippen molar-refractivity contribution in [1.82, 2.24) is 10.2 Å². The van der Waals surface area contributed by atoms with Gasteiger partial charge in [-0.2, -0.15) is 5.10 Å². The minimum absolute atomic E-state index is 0.0468. The smallest absolute Gasteiger partial charge is 0.341 e. The molecule has 0 aliphatic heterocycles. The minimum atomic E-state index is -1.12. The predicted octanol–water partition coefficient (Wildman–Crippen LogP) is 1.50. The van der Waals surface area contributed by atoms with E-state index in [0.29, 0.717) is 12.2 Å². The van der Waals surface area contributed by atoms with E-state index >= 15 is 0 Å². The van der Waals surface area contributed by atoms with Crippen molar-refractivity contribution in [3.63, 3.8) is 0 Å². The van der Waals surface area contributed by atoms with Crippen LogP contribution in [0.25, 0.3) is 0 Å². The Hall–Kier alpha value is -2.47. The van der Waals surface area contributed by atoms with Gasteiger partial charge in [0.2, 0.25) is 0 Å². The molecule has 0 aliphatic carbocycles. The number of aromatic nitrogens is 2. The third kappa shape index (κ3) is 3.26. The van der Waals surface area contributed by atoms with Gasteiger partial charge in [0, 0.05) is 6.61 Å². The predicted molar refractivity (Wildman–Crippen MR) is 66.3 cm³/mol. The van der Waals surface area contributed by atoms with E-state index in [1.807, 2.05) is 0 Å². The number of aliphatic hydroxyl groups is 1. The maximum Gasteiger partial charge on any atom is 0.341 e. The fourth-order valence-corrected chi connectivity index (χ4v) is 1.52. The van der Waals surface area contributed by atoms with E-state index in [1.54, 1.807) is 24.3 Å². The topological polar surface area (TPSA) is 92.5 Å². The van der Waals surface area contributed by atoms with Crippen molar-refractivity contribution in [2.45, 2.75) is 6.42 Å². The largest absolute Gasteiger partial charge is 0.477 e. The van der Waals surface area contributed by atoms with Gasteiger partial charge in [0.05, 0.1) is 6.20 Å². The molecule has 2 N–H and O–H groups in total. The Labute approximate surface area is 109 Å². The molecule has 2 aromatic rings. The Bertz CT molecular complexity index is 569. The molecule has 0 aliphatic rings. The Morgan fingerprint density at radius 2 is 1.95 bits per heavy atom. The zero-order chi connectivity index (χ0) is 13.7. The second-order valence-electron chi connectivity index (χ2n) is 3.77. The van der Waals surface area contributed by atoms with Crippen LogP contribution in [0, 0.1) is 0 Å². The highest BCUT2D eigenvalue weighted by Gasteiger charge is 2.13. The summed E-state index contributed by atoms with van der Waals surface area (Å²) in [7, 11) is 0. The normalized spacial score (nSPS) is 10.2. The van der Waals surface area contributed by atoms with Crippen LogP contribution in [0.15, 0.2) is 36.5 Å². The number of benzene rings is 1. The van der Waals surface area contributed by atoms with Crippen LogP contribution in [-0.2, 0) is 6.42 Å². The zero-order valence-corrected chi connectivity index (χ0v) is 9.98. The maximum absolute atomic E-state index is 11.0. The molecule has 0 bridgehead atoms. The molecule has 6 nitrogen and oxygen atoms in total. The number of hydrogen-bond donors (Lipinski definition) is 2. The van der Waals surface area contributed by atoms with E-state index in [2.05, 4.69) is 10.2 Å². The SMILES string of the molecule is O=C(O)c1ccnnc1Oc1ccc(CCO)cc1. The fraction of sp³-hybridized carbons (Fsp3) is 0.154. The van der Waals surface area contributed by atoms with E-state index in [9.17, 15) is 4.79 Å². The Morgan fingerprint density at radius 3 is 2.58 bits per heavy atom. The third-order valence-electron chi connectivity index (χ3n) is 2.46. The van der Waals surface area contributed by atoms with Gasteiger partial charge in [-0.15, -0.1) is 5.10 Å². The lowest BCUT2D eigenvalue weighted by atomic mass is 10.1. The highest BCUT2D eigenvalue weighted by Crippen LogP contribution is 2.22. The van der Waals surface area contributed by atoms with Crippen LogP contribution in [-0.4, -0.2) is 33.0 Å². The molecule has 19 heavy (non-hydrogen) atoms. The molecular weight excluding hydrogens is 248 g/mol. The molecule has 0 spiro atoms. The Balaban J connectivity index is 2.19. The van der Waals surface area contributed by atoms with Gasteiger partial charge in [-0.05, 0) is 30.2 Å². The number of carboxylic acids is 1. The van der Waals surface area contributed by atoms with Gasteiger partial charge < -0.3 is 14.9 Å². The van der Waals surface area contributed by atoms with Crippen molar-refractivity contribution in [2.75, 3.05) is 6.61 Å². The number of hydrogen-bond acceptors (Lipinski definition) is 5. The lowest BCUT2D eigenvalue weighted by molar-refractivity contribution is 0.0693. The highest BCUT2D eigenvalue weighted by atomic mass is 16.5. The number of carboxylic acid groups (broad SMARTS) is 1. The van der Waals surface area contributed by atoms with Crippen LogP contribution >= 0.6 is 0 Å². The molecule has 0 unspecified atom stereocenters. The lowest BCUT2D eigenvalue weighted by Gasteiger charge is -2.07. The van der Waals surface area contributed by atoms with Crippen LogP contribution in [0.2, 0.25) is 0 Å². The molecule has 0 atom stereocenters. The number of rotatable bonds is 5. The van der Waals surface area contributed by atoms with Crippen LogP contribution in [0.3, 0.4) is 0 Å². The quantitative estimate of drug-likeness (QED) is 0.846. The van der Waals surface area contributed by atoms with Crippen LogP contribution in [0.1, 0.15) is 15.9 Å². The molecule has 6 heteroatoms. The Morgan fingerprint density at radius 1 is 1.21 bits per heavy atom. The first kappa shape index (κ1) is 13.0. The minimum Gasteiger partial charge on any atom is -0.477 e. The van der Waals surface area contributed by atoms with Gasteiger partial charge in [-0.1, -0.05) is 12.1 Å². The lowest BCUT2D eigenvalue weighted by Crippen LogP contribution is -2.02. The molecule has 1 heterocycles. The summed E-state index contributed by atoms with van der Waals surface area (Å²) in [4.78, 5) is 11.0. The average Bonchev–Trinajstić information content (AvgIpc) is 2.42. The van der Waals surface area contributed by atoms with Crippen molar-refractivity contribution in [3.05, 3.63) is 47.7 Å². The summed E-state index contributed by atoms with van der Waals surface area (Å²) in [6.07, 6.45) is 1.85. The molecule has 0 amide bonds. The maximum atomic E-state index is 11.0. The zero-order valence-electron chi connectivity index (χ0n) is 9.98. The van der Waals surface area contributed by atoms with Crippen molar-refractivity contribution in [2.24, 2.45) is 0 Å². The monoisotopic (exact) mass is 260 g/mol. The van der Waals surface area contributed by atoms with Crippen molar-refractivity contribution < 1.29 is 19.7 Å². The molecule has 0 saturated carbocycles. The number of nitrogens with zero attached hydrogens (tertiary/aromatic N) is 2. The highest BCUT2D eigenvalue weighted by molar-refractivity contribution is 5.90. The van der Waals surface area contributed by atoms with Crippen molar-refractivity contribution in [1.29, 1.82) is 0 Å². The van der Waals surface area contributed by atoms with Gasteiger partial charge in [0.1, 0.15) is 11.3 Å². The molecule has 98 valence electrons. The van der Waals surface area contributed by atoms with E-state index in [1.165, 1.54) is 12.3 Å². The van der Waals surface area contributed by atoms with Gasteiger partial charge >= 0.3 is 5.97 Å². The number of aromatic carboxylic acids is 1. The number of carbonyl (C=O) groups is 1.